The molecule has 2 rings (SSSR count). The first-order chi connectivity index (χ1) is 9.90. The number of nitrogens with two attached hydrogens (primary N) is 1. The fourth-order valence-corrected chi connectivity index (χ4v) is 3.15. The van der Waals surface area contributed by atoms with E-state index in [1.54, 1.807) is 0 Å². The van der Waals surface area contributed by atoms with Crippen LogP contribution in [0.25, 0.3) is 0 Å². The van der Waals surface area contributed by atoms with Crippen LogP contribution in [0.4, 0.5) is 11.4 Å². The second-order valence-corrected chi connectivity index (χ2v) is 5.91. The third-order valence-electron chi connectivity index (χ3n) is 4.41. The van der Waals surface area contributed by atoms with E-state index in [1.807, 2.05) is 0 Å². The van der Waals surface area contributed by atoms with Gasteiger partial charge in [-0.05, 0) is 36.3 Å². The summed E-state index contributed by atoms with van der Waals surface area (Å²) >= 11 is 0. The van der Waals surface area contributed by atoms with Gasteiger partial charge < -0.3 is 10.8 Å². The van der Waals surface area contributed by atoms with E-state index in [0.29, 0.717) is 17.2 Å². The number of hydrogen-bond acceptors (Lipinski definition) is 4. The number of non-ortho nitro benzene ring substituents is 1. The second-order valence-electron chi connectivity index (χ2n) is 5.91. The lowest BCUT2D eigenvalue weighted by Gasteiger charge is -2.31. The zero-order chi connectivity index (χ0) is 15.6. The molecule has 0 aromatic heterocycles. The van der Waals surface area contributed by atoms with E-state index in [1.165, 1.54) is 18.2 Å². The molecule has 1 aromatic carbocycles. The van der Waals surface area contributed by atoms with Gasteiger partial charge in [0.1, 0.15) is 0 Å². The number of anilines is 1. The molecular formula is C15H20N2O4. The maximum Gasteiger partial charge on any atom is 0.311 e. The number of carboxylic acids is 1. The van der Waals surface area contributed by atoms with Crippen molar-refractivity contribution in [2.45, 2.75) is 38.5 Å². The first-order valence-electron chi connectivity index (χ1n) is 7.16. The van der Waals surface area contributed by atoms with Gasteiger partial charge in [-0.2, -0.15) is 0 Å². The van der Waals surface area contributed by atoms with Gasteiger partial charge in [-0.3, -0.25) is 14.9 Å². The summed E-state index contributed by atoms with van der Waals surface area (Å²) in [4.78, 5) is 22.1. The van der Waals surface area contributed by atoms with E-state index in [2.05, 4.69) is 6.92 Å². The van der Waals surface area contributed by atoms with Crippen LogP contribution in [0.15, 0.2) is 18.2 Å². The standard InChI is InChI=1S/C15H20N2O4/c1-9-2-4-10(5-3-9)14(15(18)19)12-8-11(17(20)21)6-7-13(12)16/h6-10,14H,2-5,16H2,1H3,(H,18,19). The van der Waals surface area contributed by atoms with Gasteiger partial charge in [0.2, 0.25) is 0 Å². The Kier molecular flexibility index (Phi) is 4.45. The van der Waals surface area contributed by atoms with Crippen LogP contribution < -0.4 is 5.73 Å². The normalized spacial score (nSPS) is 23.5. The fraction of sp³-hybridized carbons (Fsp3) is 0.533. The predicted molar refractivity (Wildman–Crippen MR) is 79.0 cm³/mol. The Bertz CT molecular complexity index is 551. The van der Waals surface area contributed by atoms with Crippen molar-refractivity contribution >= 4 is 17.3 Å². The zero-order valence-electron chi connectivity index (χ0n) is 12.0. The average Bonchev–Trinajstić information content (AvgIpc) is 2.42. The maximum atomic E-state index is 11.7. The average molecular weight is 292 g/mol. The van der Waals surface area contributed by atoms with Crippen LogP contribution in [0.1, 0.15) is 44.1 Å². The highest BCUT2D eigenvalue weighted by Gasteiger charge is 2.34. The number of nitro groups is 1. The molecule has 1 aliphatic rings. The summed E-state index contributed by atoms with van der Waals surface area (Å²) in [7, 11) is 0. The topological polar surface area (TPSA) is 106 Å². The van der Waals surface area contributed by atoms with Gasteiger partial charge in [-0.15, -0.1) is 0 Å². The summed E-state index contributed by atoms with van der Waals surface area (Å²) in [6.07, 6.45) is 3.62. The van der Waals surface area contributed by atoms with Gasteiger partial charge in [0.25, 0.3) is 5.69 Å². The summed E-state index contributed by atoms with van der Waals surface area (Å²) in [5.74, 6) is -1.12. The minimum absolute atomic E-state index is 0.0111. The van der Waals surface area contributed by atoms with Gasteiger partial charge in [0.05, 0.1) is 10.8 Å². The van der Waals surface area contributed by atoms with Crippen molar-refractivity contribution in [2.24, 2.45) is 11.8 Å². The summed E-state index contributed by atoms with van der Waals surface area (Å²) in [5.41, 5.74) is 6.44. The summed E-state index contributed by atoms with van der Waals surface area (Å²) < 4.78 is 0. The molecule has 0 amide bonds. The highest BCUT2D eigenvalue weighted by Crippen LogP contribution is 2.40. The molecule has 3 N–H and O–H groups in total. The van der Waals surface area contributed by atoms with E-state index in [0.717, 1.165) is 25.7 Å². The van der Waals surface area contributed by atoms with Crippen LogP contribution in [-0.2, 0) is 4.79 Å². The Morgan fingerprint density at radius 2 is 2.00 bits per heavy atom. The molecule has 6 nitrogen and oxygen atoms in total. The van der Waals surface area contributed by atoms with E-state index >= 15 is 0 Å². The van der Waals surface area contributed by atoms with Crippen LogP contribution in [-0.4, -0.2) is 16.0 Å². The van der Waals surface area contributed by atoms with Gasteiger partial charge in [0.15, 0.2) is 0 Å². The first-order valence-corrected chi connectivity index (χ1v) is 7.16. The van der Waals surface area contributed by atoms with Crippen LogP contribution in [0.3, 0.4) is 0 Å². The monoisotopic (exact) mass is 292 g/mol. The number of carbonyl (C=O) groups is 1. The number of nitrogen functional groups attached to an aromatic ring is 1. The molecular weight excluding hydrogens is 272 g/mol. The largest absolute Gasteiger partial charge is 0.481 e. The van der Waals surface area contributed by atoms with Gasteiger partial charge in [-0.1, -0.05) is 19.8 Å². The third kappa shape index (κ3) is 3.32. The third-order valence-corrected chi connectivity index (χ3v) is 4.41. The Morgan fingerprint density at radius 3 is 2.52 bits per heavy atom. The summed E-state index contributed by atoms with van der Waals surface area (Å²) in [6, 6.07) is 4.04. The van der Waals surface area contributed by atoms with Gasteiger partial charge in [-0.25, -0.2) is 0 Å². The van der Waals surface area contributed by atoms with E-state index < -0.39 is 16.8 Å². The van der Waals surface area contributed by atoms with Crippen molar-refractivity contribution in [3.05, 3.63) is 33.9 Å². The van der Waals surface area contributed by atoms with Gasteiger partial charge >= 0.3 is 5.97 Å². The Labute approximate surface area is 123 Å². The molecule has 0 aliphatic heterocycles. The fourth-order valence-electron chi connectivity index (χ4n) is 3.15. The van der Waals surface area contributed by atoms with Crippen LogP contribution in [0.2, 0.25) is 0 Å². The molecule has 1 unspecified atom stereocenters. The molecule has 6 heteroatoms. The molecule has 1 atom stereocenters. The molecule has 0 bridgehead atoms. The minimum Gasteiger partial charge on any atom is -0.481 e. The van der Waals surface area contributed by atoms with Crippen molar-refractivity contribution in [2.75, 3.05) is 5.73 Å². The Balaban J connectivity index is 2.36. The van der Waals surface area contributed by atoms with Crippen LogP contribution in [0, 0.1) is 22.0 Å². The molecule has 0 heterocycles. The van der Waals surface area contributed by atoms with Crippen molar-refractivity contribution < 1.29 is 14.8 Å². The molecule has 1 aromatic rings. The molecule has 114 valence electrons. The molecule has 1 aliphatic carbocycles. The number of hydrogen-bond donors (Lipinski definition) is 2. The number of benzene rings is 1. The van der Waals surface area contributed by atoms with Crippen molar-refractivity contribution in [3.8, 4) is 0 Å². The maximum absolute atomic E-state index is 11.7. The van der Waals surface area contributed by atoms with Crippen molar-refractivity contribution in [1.29, 1.82) is 0 Å². The molecule has 0 radical (unpaired) electrons. The summed E-state index contributed by atoms with van der Waals surface area (Å²) in [5, 5.41) is 20.5. The smallest absolute Gasteiger partial charge is 0.311 e. The number of aliphatic carboxylic acids is 1. The molecule has 1 fully saturated rings. The number of carboxylic acid groups (broad SMARTS) is 1. The van der Waals surface area contributed by atoms with Crippen molar-refractivity contribution in [1.82, 2.24) is 0 Å². The first kappa shape index (κ1) is 15.3. The molecule has 1 saturated carbocycles. The number of nitro benzene ring substituents is 1. The van der Waals surface area contributed by atoms with Crippen LogP contribution in [0.5, 0.6) is 0 Å². The summed E-state index contributed by atoms with van der Waals surface area (Å²) in [6.45, 7) is 2.16. The lowest BCUT2D eigenvalue weighted by Crippen LogP contribution is -2.26. The SMILES string of the molecule is CC1CCC(C(C(=O)O)c2cc([N+](=O)[O-])ccc2N)CC1. The van der Waals surface area contributed by atoms with E-state index in [4.69, 9.17) is 5.73 Å². The number of nitrogens with zero attached hydrogens (tertiary/aromatic N) is 1. The Hall–Kier alpha value is -2.11. The highest BCUT2D eigenvalue weighted by atomic mass is 16.6. The molecule has 0 saturated heterocycles. The van der Waals surface area contributed by atoms with Gasteiger partial charge in [0, 0.05) is 17.8 Å². The van der Waals surface area contributed by atoms with Crippen molar-refractivity contribution in [3.63, 3.8) is 0 Å². The molecule has 21 heavy (non-hydrogen) atoms. The minimum atomic E-state index is -0.957. The van der Waals surface area contributed by atoms with Crippen LogP contribution >= 0.6 is 0 Å². The zero-order valence-corrected chi connectivity index (χ0v) is 12.0. The highest BCUT2D eigenvalue weighted by molar-refractivity contribution is 5.79. The predicted octanol–water partition coefficient (Wildman–Crippen LogP) is 3.17. The lowest BCUT2D eigenvalue weighted by molar-refractivity contribution is -0.384. The second kappa shape index (κ2) is 6.11. The van der Waals surface area contributed by atoms with E-state index in [-0.39, 0.29) is 11.6 Å². The lowest BCUT2D eigenvalue weighted by atomic mass is 9.73. The van der Waals surface area contributed by atoms with E-state index in [9.17, 15) is 20.0 Å². The Morgan fingerprint density at radius 1 is 1.38 bits per heavy atom. The quantitative estimate of drug-likeness (QED) is 0.503. The number of rotatable bonds is 4. The molecule has 0 spiro atoms.